The maximum absolute atomic E-state index is 11.7. The first-order valence-corrected chi connectivity index (χ1v) is 9.03. The van der Waals surface area contributed by atoms with E-state index in [0.29, 0.717) is 6.42 Å². The Morgan fingerprint density at radius 1 is 0.895 bits per heavy atom. The van der Waals surface area contributed by atoms with Gasteiger partial charge in [-0.1, -0.05) is 51.9 Å². The van der Waals surface area contributed by atoms with Crippen LogP contribution in [0.15, 0.2) is 0 Å². The van der Waals surface area contributed by atoms with Crippen molar-refractivity contribution in [3.05, 3.63) is 0 Å². The van der Waals surface area contributed by atoms with Crippen molar-refractivity contribution in [3.63, 3.8) is 0 Å². The molecule has 0 rings (SSSR count). The zero-order valence-electron chi connectivity index (χ0n) is 12.7. The predicted molar refractivity (Wildman–Crippen MR) is 78.7 cm³/mol. The third-order valence-corrected chi connectivity index (χ3v) is 5.09. The van der Waals surface area contributed by atoms with Gasteiger partial charge in [0, 0.05) is 20.6 Å². The maximum Gasteiger partial charge on any atom is 0.337 e. The molecule has 0 unspecified atom stereocenters. The first-order chi connectivity index (χ1) is 9.08. The molecule has 0 bridgehead atoms. The Morgan fingerprint density at radius 2 is 1.37 bits per heavy atom. The Kier molecular flexibility index (Phi) is 11.5. The largest absolute Gasteiger partial charge is 0.337 e. The lowest BCUT2D eigenvalue weighted by molar-refractivity contribution is -0.117. The molecule has 0 aliphatic heterocycles. The number of ketones is 1. The summed E-state index contributed by atoms with van der Waals surface area (Å²) in [5.74, 6) is -0.0296. The Morgan fingerprint density at radius 3 is 1.84 bits per heavy atom. The molecule has 0 spiro atoms. The van der Waals surface area contributed by atoms with Crippen molar-refractivity contribution < 1.29 is 18.4 Å². The van der Waals surface area contributed by atoms with Gasteiger partial charge in [-0.05, 0) is 6.42 Å². The molecule has 0 aliphatic rings. The number of hydrogen-bond acceptors (Lipinski definition) is 4. The summed E-state index contributed by atoms with van der Waals surface area (Å²) in [7, 11) is -0.534. The van der Waals surface area contributed by atoms with Gasteiger partial charge in [-0.25, -0.2) is 0 Å². The molecule has 0 saturated heterocycles. The van der Waals surface area contributed by atoms with Crippen LogP contribution in [0.4, 0.5) is 0 Å². The van der Waals surface area contributed by atoms with Crippen LogP contribution in [0.25, 0.3) is 0 Å². The summed E-state index contributed by atoms with van der Waals surface area (Å²) in [6, 6.07) is 0. The fourth-order valence-electron chi connectivity index (χ4n) is 1.95. The lowest BCUT2D eigenvalue weighted by Gasteiger charge is -2.12. The topological polar surface area (TPSA) is 52.6 Å². The predicted octanol–water partition coefficient (Wildman–Crippen LogP) is 4.57. The van der Waals surface area contributed by atoms with Gasteiger partial charge in [-0.15, -0.1) is 0 Å². The van der Waals surface area contributed by atoms with Gasteiger partial charge in [-0.3, -0.25) is 9.36 Å². The Balaban J connectivity index is 3.51. The molecule has 0 saturated carbocycles. The lowest BCUT2D eigenvalue weighted by Crippen LogP contribution is -2.07. The molecule has 114 valence electrons. The smallest absolute Gasteiger partial charge is 0.312 e. The van der Waals surface area contributed by atoms with Crippen molar-refractivity contribution in [1.29, 1.82) is 0 Å². The second-order valence-electron chi connectivity index (χ2n) is 4.90. The van der Waals surface area contributed by atoms with Crippen molar-refractivity contribution in [2.45, 2.75) is 64.7 Å². The van der Waals surface area contributed by atoms with E-state index in [4.69, 9.17) is 9.05 Å². The molecule has 0 aromatic carbocycles. The van der Waals surface area contributed by atoms with Crippen LogP contribution in [0.2, 0.25) is 0 Å². The third-order valence-electron chi connectivity index (χ3n) is 3.24. The minimum absolute atomic E-state index is 0.0296. The number of hydrogen-bond donors (Lipinski definition) is 0. The summed E-state index contributed by atoms with van der Waals surface area (Å²) >= 11 is 0. The number of unbranched alkanes of at least 4 members (excludes halogenated alkanes) is 7. The van der Waals surface area contributed by atoms with Crippen molar-refractivity contribution in [2.24, 2.45) is 0 Å². The average Bonchev–Trinajstić information content (AvgIpc) is 2.41. The molecule has 0 heterocycles. The van der Waals surface area contributed by atoms with Gasteiger partial charge in [0.2, 0.25) is 0 Å². The van der Waals surface area contributed by atoms with Crippen LogP contribution in [0.1, 0.15) is 64.7 Å². The van der Waals surface area contributed by atoms with E-state index in [0.717, 1.165) is 12.8 Å². The third kappa shape index (κ3) is 10.3. The lowest BCUT2D eigenvalue weighted by atomic mass is 10.1. The molecule has 0 aromatic rings. The molecule has 0 aliphatic carbocycles. The minimum Gasteiger partial charge on any atom is -0.312 e. The minimum atomic E-state index is -3.16. The summed E-state index contributed by atoms with van der Waals surface area (Å²) in [5, 5.41) is 0. The van der Waals surface area contributed by atoms with Crippen LogP contribution in [0, 0.1) is 0 Å². The molecule has 4 nitrogen and oxygen atoms in total. The maximum atomic E-state index is 11.7. The molecule has 0 radical (unpaired) electrons. The summed E-state index contributed by atoms with van der Waals surface area (Å²) in [5.41, 5.74) is 0. The zero-order valence-corrected chi connectivity index (χ0v) is 13.5. The number of rotatable bonds is 13. The molecule has 0 fully saturated rings. The monoisotopic (exact) mass is 292 g/mol. The summed E-state index contributed by atoms with van der Waals surface area (Å²) in [6.45, 7) is 2.21. The highest BCUT2D eigenvalue weighted by Gasteiger charge is 2.24. The summed E-state index contributed by atoms with van der Waals surface area (Å²) < 4.78 is 21.2. The van der Waals surface area contributed by atoms with E-state index in [2.05, 4.69) is 6.92 Å². The second-order valence-corrected chi connectivity index (χ2v) is 7.17. The van der Waals surface area contributed by atoms with Gasteiger partial charge in [0.25, 0.3) is 0 Å². The van der Waals surface area contributed by atoms with E-state index in [-0.39, 0.29) is 11.9 Å². The summed E-state index contributed by atoms with van der Waals surface area (Å²) in [6.07, 6.45) is 9.97. The SMILES string of the molecule is CCCCCCCCCCC(=O)CP(=O)(OC)OC. The van der Waals surface area contributed by atoms with Gasteiger partial charge in [0.05, 0.1) is 0 Å². The average molecular weight is 292 g/mol. The van der Waals surface area contributed by atoms with Crippen LogP contribution >= 0.6 is 7.60 Å². The Labute approximate surface area is 117 Å². The highest BCUT2D eigenvalue weighted by Crippen LogP contribution is 2.46. The van der Waals surface area contributed by atoms with Gasteiger partial charge in [-0.2, -0.15) is 0 Å². The number of Topliss-reactive ketones (excluding diaryl/α,β-unsaturated/α-hetero) is 1. The molecular formula is C14H29O4P. The van der Waals surface area contributed by atoms with Crippen LogP contribution in [-0.4, -0.2) is 26.2 Å². The van der Waals surface area contributed by atoms with Crippen molar-refractivity contribution >= 4 is 13.4 Å². The molecule has 5 heteroatoms. The van der Waals surface area contributed by atoms with Crippen LogP contribution in [0.5, 0.6) is 0 Å². The van der Waals surface area contributed by atoms with E-state index in [1.54, 1.807) is 0 Å². The molecule has 0 N–H and O–H groups in total. The zero-order chi connectivity index (χ0) is 14.6. The quantitative estimate of drug-likeness (QED) is 0.368. The van der Waals surface area contributed by atoms with Gasteiger partial charge >= 0.3 is 7.60 Å². The van der Waals surface area contributed by atoms with Crippen molar-refractivity contribution in [1.82, 2.24) is 0 Å². The van der Waals surface area contributed by atoms with E-state index in [9.17, 15) is 9.36 Å². The van der Waals surface area contributed by atoms with E-state index >= 15 is 0 Å². The van der Waals surface area contributed by atoms with E-state index in [1.807, 2.05) is 0 Å². The van der Waals surface area contributed by atoms with Crippen LogP contribution in [-0.2, 0) is 18.4 Å². The second kappa shape index (κ2) is 11.6. The van der Waals surface area contributed by atoms with E-state index < -0.39 is 7.60 Å². The van der Waals surface area contributed by atoms with Crippen LogP contribution in [0.3, 0.4) is 0 Å². The first kappa shape index (κ1) is 18.8. The highest BCUT2D eigenvalue weighted by molar-refractivity contribution is 7.54. The van der Waals surface area contributed by atoms with Gasteiger partial charge in [0.1, 0.15) is 11.9 Å². The molecule has 19 heavy (non-hydrogen) atoms. The normalized spacial score (nSPS) is 11.7. The molecule has 0 atom stereocenters. The fraction of sp³-hybridized carbons (Fsp3) is 0.929. The Bertz CT molecular complexity index is 271. The highest BCUT2D eigenvalue weighted by atomic mass is 31.2. The van der Waals surface area contributed by atoms with Gasteiger partial charge in [0.15, 0.2) is 0 Å². The fourth-order valence-corrected chi connectivity index (χ4v) is 2.95. The van der Waals surface area contributed by atoms with Gasteiger partial charge < -0.3 is 9.05 Å². The van der Waals surface area contributed by atoms with Crippen molar-refractivity contribution in [2.75, 3.05) is 20.4 Å². The standard InChI is InChI=1S/C14H29O4P/c1-4-5-6-7-8-9-10-11-12-14(15)13-19(16,17-2)18-3/h4-13H2,1-3H3. The Hall–Kier alpha value is -0.180. The molecule has 0 amide bonds. The molecule has 0 aromatic heterocycles. The first-order valence-electron chi connectivity index (χ1n) is 7.30. The summed E-state index contributed by atoms with van der Waals surface area (Å²) in [4.78, 5) is 11.6. The van der Waals surface area contributed by atoms with Crippen LogP contribution < -0.4 is 0 Å². The van der Waals surface area contributed by atoms with E-state index in [1.165, 1.54) is 52.7 Å². The van der Waals surface area contributed by atoms with Crippen molar-refractivity contribution in [3.8, 4) is 0 Å². The molecular weight excluding hydrogens is 263 g/mol. The number of carbonyl (C=O) groups excluding carboxylic acids is 1. The number of carbonyl (C=O) groups is 1.